The van der Waals surface area contributed by atoms with Gasteiger partial charge in [-0.05, 0) is 16.5 Å². The van der Waals surface area contributed by atoms with E-state index in [0.717, 1.165) is 0 Å². The average Bonchev–Trinajstić information content (AvgIpc) is 1.90. The molecule has 0 N–H and O–H groups in total. The van der Waals surface area contributed by atoms with E-state index in [-0.39, 0.29) is 0 Å². The molecule has 0 aliphatic carbocycles. The summed E-state index contributed by atoms with van der Waals surface area (Å²) < 4.78 is 0. The maximum atomic E-state index is 3.56. The lowest BCUT2D eigenvalue weighted by Crippen LogP contribution is -1.90. The fraction of sp³-hybridized carbons (Fsp3) is 0. The van der Waals surface area contributed by atoms with Crippen LogP contribution in [0.4, 0.5) is 0 Å². The van der Waals surface area contributed by atoms with E-state index in [1.165, 1.54) is 6.20 Å². The van der Waals surface area contributed by atoms with Gasteiger partial charge in [0.05, 0.1) is 6.20 Å². The summed E-state index contributed by atoms with van der Waals surface area (Å²) in [5.41, 5.74) is 0.639. The van der Waals surface area contributed by atoms with Crippen molar-refractivity contribution < 1.29 is 0 Å². The molecule has 0 saturated carbocycles. The van der Waals surface area contributed by atoms with Gasteiger partial charge in [-0.3, -0.25) is 0 Å². The lowest BCUT2D eigenvalue weighted by molar-refractivity contribution is 0.756. The van der Waals surface area contributed by atoms with Crippen molar-refractivity contribution in [1.29, 1.82) is 0 Å². The van der Waals surface area contributed by atoms with Gasteiger partial charge in [-0.1, -0.05) is 6.58 Å². The van der Waals surface area contributed by atoms with Gasteiger partial charge in [0.15, 0.2) is 0 Å². The number of hydrogen-bond acceptors (Lipinski definition) is 4. The summed E-state index contributed by atoms with van der Waals surface area (Å²) in [7, 11) is 0. The first-order chi connectivity index (χ1) is 3.93. The summed E-state index contributed by atoms with van der Waals surface area (Å²) in [4.78, 5) is 0. The molecule has 0 amide bonds. The third-order valence-corrected chi connectivity index (χ3v) is 0.651. The molecule has 0 aliphatic rings. The van der Waals surface area contributed by atoms with Gasteiger partial charge >= 0.3 is 0 Å². The Morgan fingerprint density at radius 3 is 2.75 bits per heavy atom. The van der Waals surface area contributed by atoms with Gasteiger partial charge in [0, 0.05) is 0 Å². The molecule has 0 aliphatic heterocycles. The number of hydrogen-bond donors (Lipinski definition) is 0. The fourth-order valence-corrected chi connectivity index (χ4v) is 0.299. The molecule has 1 aromatic heterocycles. The van der Waals surface area contributed by atoms with Crippen LogP contribution in [0.3, 0.4) is 0 Å². The van der Waals surface area contributed by atoms with Crippen LogP contribution >= 0.6 is 0 Å². The highest BCUT2D eigenvalue weighted by molar-refractivity contribution is 5.37. The van der Waals surface area contributed by atoms with Gasteiger partial charge in [0.1, 0.15) is 5.69 Å². The average molecular weight is 108 g/mol. The first-order valence-electron chi connectivity index (χ1n) is 2.07. The minimum Gasteiger partial charge on any atom is -0.135 e. The Morgan fingerprint density at radius 2 is 2.38 bits per heavy atom. The van der Waals surface area contributed by atoms with Crippen LogP contribution in [0.5, 0.6) is 0 Å². The van der Waals surface area contributed by atoms with E-state index in [1.807, 2.05) is 0 Å². The zero-order chi connectivity index (χ0) is 5.82. The molecule has 0 aromatic carbocycles. The Bertz CT molecular complexity index is 171. The zero-order valence-corrected chi connectivity index (χ0v) is 4.15. The molecule has 0 bridgehead atoms. The SMILES string of the molecule is C=Cc1cnnnn1. The highest BCUT2D eigenvalue weighted by Crippen LogP contribution is 1.84. The molecule has 0 unspecified atom stereocenters. The van der Waals surface area contributed by atoms with Crippen LogP contribution in [0.1, 0.15) is 5.69 Å². The van der Waals surface area contributed by atoms with Crippen LogP contribution in [0.2, 0.25) is 0 Å². The van der Waals surface area contributed by atoms with Gasteiger partial charge in [0.25, 0.3) is 0 Å². The van der Waals surface area contributed by atoms with Crippen LogP contribution in [-0.2, 0) is 0 Å². The summed E-state index contributed by atoms with van der Waals surface area (Å²) in [5.74, 6) is 0. The van der Waals surface area contributed by atoms with Gasteiger partial charge in [0.2, 0.25) is 0 Å². The molecule has 1 aromatic rings. The molecule has 1 rings (SSSR count). The maximum Gasteiger partial charge on any atom is 0.107 e. The van der Waals surface area contributed by atoms with Crippen molar-refractivity contribution in [3.05, 3.63) is 18.5 Å². The predicted octanol–water partition coefficient (Wildman–Crippen LogP) is -0.0904. The van der Waals surface area contributed by atoms with E-state index < -0.39 is 0 Å². The Morgan fingerprint density at radius 1 is 1.50 bits per heavy atom. The molecular weight excluding hydrogens is 104 g/mol. The summed E-state index contributed by atoms with van der Waals surface area (Å²) in [6.45, 7) is 3.46. The zero-order valence-electron chi connectivity index (χ0n) is 4.15. The predicted molar refractivity (Wildman–Crippen MR) is 27.7 cm³/mol. The first-order valence-corrected chi connectivity index (χ1v) is 2.07. The molecule has 1 heterocycles. The van der Waals surface area contributed by atoms with E-state index >= 15 is 0 Å². The molecule has 0 fully saturated rings. The second kappa shape index (κ2) is 2.11. The third kappa shape index (κ3) is 0.841. The second-order valence-corrected chi connectivity index (χ2v) is 1.15. The summed E-state index contributed by atoms with van der Waals surface area (Å²) in [6.07, 6.45) is 3.04. The van der Waals surface area contributed by atoms with Gasteiger partial charge in [-0.2, -0.15) is 0 Å². The molecule has 40 valence electrons. The lowest BCUT2D eigenvalue weighted by atomic mass is 10.5. The summed E-state index contributed by atoms with van der Waals surface area (Å²) in [5, 5.41) is 13.5. The maximum absolute atomic E-state index is 3.56. The molecular formula is C4H4N4. The standard InChI is InChI=1S/C4H4N4/c1-2-4-3-5-7-8-6-4/h2-3H,1H2. The van der Waals surface area contributed by atoms with Gasteiger partial charge in [-0.15, -0.1) is 10.2 Å². The van der Waals surface area contributed by atoms with E-state index in [2.05, 4.69) is 27.2 Å². The van der Waals surface area contributed by atoms with Gasteiger partial charge < -0.3 is 0 Å². The molecule has 0 radical (unpaired) electrons. The molecule has 4 nitrogen and oxygen atoms in total. The Kier molecular flexibility index (Phi) is 1.27. The van der Waals surface area contributed by atoms with Crippen molar-refractivity contribution in [3.8, 4) is 0 Å². The van der Waals surface area contributed by atoms with Crippen LogP contribution in [0.25, 0.3) is 6.08 Å². The van der Waals surface area contributed by atoms with Crippen molar-refractivity contribution in [2.24, 2.45) is 0 Å². The van der Waals surface area contributed by atoms with Crippen molar-refractivity contribution in [2.45, 2.75) is 0 Å². The number of nitrogens with zero attached hydrogens (tertiary/aromatic N) is 4. The van der Waals surface area contributed by atoms with Crippen LogP contribution in [0, 0.1) is 0 Å². The molecule has 0 saturated heterocycles. The normalized spacial score (nSPS) is 8.50. The quantitative estimate of drug-likeness (QED) is 0.504. The van der Waals surface area contributed by atoms with Gasteiger partial charge in [-0.25, -0.2) is 0 Å². The Labute approximate surface area is 46.3 Å². The topological polar surface area (TPSA) is 51.6 Å². The molecule has 8 heavy (non-hydrogen) atoms. The van der Waals surface area contributed by atoms with Crippen molar-refractivity contribution in [1.82, 2.24) is 20.6 Å². The van der Waals surface area contributed by atoms with E-state index in [1.54, 1.807) is 6.08 Å². The fourth-order valence-electron chi connectivity index (χ4n) is 0.299. The van der Waals surface area contributed by atoms with E-state index in [9.17, 15) is 0 Å². The number of aromatic nitrogens is 4. The lowest BCUT2D eigenvalue weighted by Gasteiger charge is -1.80. The summed E-state index contributed by atoms with van der Waals surface area (Å²) in [6, 6.07) is 0. The highest BCUT2D eigenvalue weighted by Gasteiger charge is 1.81. The Hall–Kier alpha value is -1.32. The van der Waals surface area contributed by atoms with Crippen LogP contribution in [-0.4, -0.2) is 20.6 Å². The third-order valence-electron chi connectivity index (χ3n) is 0.651. The minimum atomic E-state index is 0.639. The first kappa shape index (κ1) is 4.83. The number of rotatable bonds is 1. The van der Waals surface area contributed by atoms with Crippen molar-refractivity contribution in [3.63, 3.8) is 0 Å². The Balaban J connectivity index is 2.99. The second-order valence-electron chi connectivity index (χ2n) is 1.15. The smallest absolute Gasteiger partial charge is 0.107 e. The van der Waals surface area contributed by atoms with Crippen LogP contribution in [0.15, 0.2) is 12.8 Å². The largest absolute Gasteiger partial charge is 0.135 e. The molecule has 4 heteroatoms. The summed E-state index contributed by atoms with van der Waals surface area (Å²) >= 11 is 0. The van der Waals surface area contributed by atoms with Crippen LogP contribution < -0.4 is 0 Å². The molecule has 0 atom stereocenters. The highest BCUT2D eigenvalue weighted by atomic mass is 15.4. The van der Waals surface area contributed by atoms with E-state index in [4.69, 9.17) is 0 Å². The minimum absolute atomic E-state index is 0.639. The van der Waals surface area contributed by atoms with E-state index in [0.29, 0.717) is 5.69 Å². The van der Waals surface area contributed by atoms with Crippen molar-refractivity contribution in [2.75, 3.05) is 0 Å². The monoisotopic (exact) mass is 108 g/mol. The van der Waals surface area contributed by atoms with Crippen molar-refractivity contribution >= 4 is 6.08 Å². The molecule has 0 spiro atoms.